The molecule has 6 heteroatoms. The number of fused-ring (bicyclic) bond motifs is 1. The molecule has 6 nitrogen and oxygen atoms in total. The summed E-state index contributed by atoms with van der Waals surface area (Å²) in [4.78, 5) is 21.9. The Morgan fingerprint density at radius 2 is 1.38 bits per heavy atom. The SMILES string of the molecule is C=Cc1ccc(COc2ccc(C(C)(C(=O)O)c3ccc(OCc4ccc5ccccc5n4)cc3)cc2)nc1/C=C\C. The van der Waals surface area contributed by atoms with Crippen LogP contribution in [0.25, 0.3) is 23.1 Å². The first-order valence-corrected chi connectivity index (χ1v) is 13.7. The highest BCUT2D eigenvalue weighted by atomic mass is 16.5. The van der Waals surface area contributed by atoms with Crippen LogP contribution in [0.4, 0.5) is 0 Å². The van der Waals surface area contributed by atoms with E-state index in [4.69, 9.17) is 9.47 Å². The molecule has 0 spiro atoms. The van der Waals surface area contributed by atoms with Crippen molar-refractivity contribution in [2.24, 2.45) is 0 Å². The average Bonchev–Trinajstić information content (AvgIpc) is 3.03. The standard InChI is InChI=1S/C36H32N2O4/c1-4-8-33-25(5-2)11-17-29(37-33)23-41-31-19-13-27(14-20-31)36(3,35(39)40)28-15-21-32(22-16-28)42-24-30-18-12-26-9-6-7-10-34(26)38-30/h4-22H,2,23-24H2,1,3H3,(H,39,40)/b8-4-. The summed E-state index contributed by atoms with van der Waals surface area (Å²) in [5.74, 6) is 0.311. The first-order chi connectivity index (χ1) is 20.4. The maximum absolute atomic E-state index is 12.6. The van der Waals surface area contributed by atoms with E-state index in [0.717, 1.165) is 33.5 Å². The van der Waals surface area contributed by atoms with E-state index in [2.05, 4.69) is 16.5 Å². The van der Waals surface area contributed by atoms with Gasteiger partial charge in [-0.25, -0.2) is 9.97 Å². The van der Waals surface area contributed by atoms with Crippen molar-refractivity contribution in [3.05, 3.63) is 143 Å². The topological polar surface area (TPSA) is 81.5 Å². The Hall–Kier alpha value is -5.23. The molecule has 210 valence electrons. The Morgan fingerprint density at radius 3 is 1.95 bits per heavy atom. The molecule has 1 atom stereocenters. The lowest BCUT2D eigenvalue weighted by atomic mass is 9.76. The third-order valence-corrected chi connectivity index (χ3v) is 7.28. The number of nitrogens with zero attached hydrogens (tertiary/aromatic N) is 2. The Labute approximate surface area is 245 Å². The molecule has 2 aromatic heterocycles. The minimum atomic E-state index is -1.26. The largest absolute Gasteiger partial charge is 0.487 e. The summed E-state index contributed by atoms with van der Waals surface area (Å²) in [7, 11) is 0. The molecular weight excluding hydrogens is 524 g/mol. The van der Waals surface area contributed by atoms with Crippen LogP contribution in [0.5, 0.6) is 11.5 Å². The van der Waals surface area contributed by atoms with Crippen LogP contribution in [0.1, 0.15) is 47.6 Å². The van der Waals surface area contributed by atoms with E-state index in [0.29, 0.717) is 29.2 Å². The van der Waals surface area contributed by atoms with Crippen molar-refractivity contribution in [1.29, 1.82) is 0 Å². The molecule has 0 saturated carbocycles. The second kappa shape index (κ2) is 12.5. The van der Waals surface area contributed by atoms with E-state index in [9.17, 15) is 9.90 Å². The number of carboxylic acid groups (broad SMARTS) is 1. The van der Waals surface area contributed by atoms with Crippen molar-refractivity contribution in [3.8, 4) is 11.5 Å². The van der Waals surface area contributed by atoms with Crippen LogP contribution in [0.2, 0.25) is 0 Å². The Morgan fingerprint density at radius 1 is 0.810 bits per heavy atom. The molecule has 5 rings (SSSR count). The van der Waals surface area contributed by atoms with Crippen LogP contribution in [-0.2, 0) is 23.4 Å². The van der Waals surface area contributed by atoms with Gasteiger partial charge in [-0.2, -0.15) is 0 Å². The molecule has 0 radical (unpaired) electrons. The van der Waals surface area contributed by atoms with Gasteiger partial charge in [0, 0.05) is 5.39 Å². The summed E-state index contributed by atoms with van der Waals surface area (Å²) in [5.41, 5.74) is 4.33. The molecule has 0 aliphatic carbocycles. The average molecular weight is 557 g/mol. The molecular formula is C36H32N2O4. The molecule has 0 aliphatic heterocycles. The lowest BCUT2D eigenvalue weighted by Gasteiger charge is -2.26. The first-order valence-electron chi connectivity index (χ1n) is 13.7. The number of carboxylic acids is 1. The van der Waals surface area contributed by atoms with Gasteiger partial charge in [-0.15, -0.1) is 0 Å². The van der Waals surface area contributed by atoms with Gasteiger partial charge in [-0.05, 0) is 79.1 Å². The van der Waals surface area contributed by atoms with E-state index in [1.54, 1.807) is 61.5 Å². The van der Waals surface area contributed by atoms with Gasteiger partial charge in [-0.3, -0.25) is 4.79 Å². The number of allylic oxidation sites excluding steroid dienone is 1. The zero-order valence-electron chi connectivity index (χ0n) is 23.7. The molecule has 5 aromatic rings. The fraction of sp³-hybridized carbons (Fsp3) is 0.139. The van der Waals surface area contributed by atoms with Crippen molar-refractivity contribution < 1.29 is 19.4 Å². The van der Waals surface area contributed by atoms with Gasteiger partial charge in [-0.1, -0.05) is 73.3 Å². The van der Waals surface area contributed by atoms with Gasteiger partial charge in [0.15, 0.2) is 0 Å². The zero-order valence-corrected chi connectivity index (χ0v) is 23.7. The lowest BCUT2D eigenvalue weighted by Crippen LogP contribution is -2.33. The minimum Gasteiger partial charge on any atom is -0.487 e. The molecule has 0 amide bonds. The van der Waals surface area contributed by atoms with Crippen LogP contribution < -0.4 is 9.47 Å². The van der Waals surface area contributed by atoms with Gasteiger partial charge in [0.1, 0.15) is 30.1 Å². The Bertz CT molecular complexity index is 1740. The van der Waals surface area contributed by atoms with E-state index < -0.39 is 11.4 Å². The maximum atomic E-state index is 12.6. The molecule has 42 heavy (non-hydrogen) atoms. The normalized spacial score (nSPS) is 12.6. The first kappa shape index (κ1) is 28.3. The van der Waals surface area contributed by atoms with Crippen molar-refractivity contribution in [3.63, 3.8) is 0 Å². The summed E-state index contributed by atoms with van der Waals surface area (Å²) in [6.07, 6.45) is 5.64. The number of hydrogen-bond donors (Lipinski definition) is 1. The number of carbonyl (C=O) groups is 1. The molecule has 0 bridgehead atoms. The van der Waals surface area contributed by atoms with Crippen LogP contribution in [0, 0.1) is 0 Å². The molecule has 1 unspecified atom stereocenters. The van der Waals surface area contributed by atoms with Gasteiger partial charge >= 0.3 is 5.97 Å². The number of benzene rings is 3. The fourth-order valence-electron chi connectivity index (χ4n) is 4.76. The predicted octanol–water partition coefficient (Wildman–Crippen LogP) is 7.85. The highest BCUT2D eigenvalue weighted by Gasteiger charge is 2.37. The van der Waals surface area contributed by atoms with Crippen LogP contribution in [0.3, 0.4) is 0 Å². The lowest BCUT2D eigenvalue weighted by molar-refractivity contribution is -0.141. The number of para-hydroxylation sites is 1. The van der Waals surface area contributed by atoms with E-state index in [1.807, 2.05) is 67.6 Å². The highest BCUT2D eigenvalue weighted by molar-refractivity contribution is 5.85. The second-order valence-corrected chi connectivity index (χ2v) is 10.0. The monoisotopic (exact) mass is 556 g/mol. The highest BCUT2D eigenvalue weighted by Crippen LogP contribution is 2.34. The number of aliphatic carboxylic acids is 1. The van der Waals surface area contributed by atoms with E-state index in [1.165, 1.54) is 0 Å². The third kappa shape index (κ3) is 6.08. The zero-order chi connectivity index (χ0) is 29.5. The van der Waals surface area contributed by atoms with E-state index >= 15 is 0 Å². The Kier molecular flexibility index (Phi) is 8.44. The predicted molar refractivity (Wildman–Crippen MR) is 166 cm³/mol. The molecule has 2 heterocycles. The number of pyridine rings is 2. The number of hydrogen-bond acceptors (Lipinski definition) is 5. The summed E-state index contributed by atoms with van der Waals surface area (Å²) in [6.45, 7) is 8.08. The minimum absolute atomic E-state index is 0.285. The third-order valence-electron chi connectivity index (χ3n) is 7.28. The van der Waals surface area contributed by atoms with Gasteiger partial charge in [0.25, 0.3) is 0 Å². The van der Waals surface area contributed by atoms with E-state index in [-0.39, 0.29) is 6.61 Å². The number of rotatable bonds is 11. The smallest absolute Gasteiger partial charge is 0.318 e. The quantitative estimate of drug-likeness (QED) is 0.178. The van der Waals surface area contributed by atoms with Crippen molar-refractivity contribution in [2.75, 3.05) is 0 Å². The van der Waals surface area contributed by atoms with Crippen LogP contribution in [0.15, 0.2) is 110 Å². The van der Waals surface area contributed by atoms with Crippen molar-refractivity contribution in [1.82, 2.24) is 9.97 Å². The van der Waals surface area contributed by atoms with Gasteiger partial charge in [0.2, 0.25) is 0 Å². The summed E-state index contributed by atoms with van der Waals surface area (Å²) < 4.78 is 11.9. The number of ether oxygens (including phenoxy) is 2. The van der Waals surface area contributed by atoms with Crippen LogP contribution >= 0.6 is 0 Å². The summed E-state index contributed by atoms with van der Waals surface area (Å²) in [6, 6.07) is 30.1. The maximum Gasteiger partial charge on any atom is 0.318 e. The fourth-order valence-corrected chi connectivity index (χ4v) is 4.76. The van der Waals surface area contributed by atoms with Gasteiger partial charge in [0.05, 0.1) is 22.6 Å². The van der Waals surface area contributed by atoms with Crippen molar-refractivity contribution in [2.45, 2.75) is 32.5 Å². The van der Waals surface area contributed by atoms with Crippen LogP contribution in [-0.4, -0.2) is 21.0 Å². The Balaban J connectivity index is 1.26. The number of aromatic nitrogens is 2. The molecule has 3 aromatic carbocycles. The molecule has 0 aliphatic rings. The molecule has 0 saturated heterocycles. The molecule has 1 N–H and O–H groups in total. The summed E-state index contributed by atoms with van der Waals surface area (Å²) in [5, 5.41) is 11.4. The summed E-state index contributed by atoms with van der Waals surface area (Å²) >= 11 is 0. The second-order valence-electron chi connectivity index (χ2n) is 10.0. The molecule has 0 fully saturated rings. The van der Waals surface area contributed by atoms with Gasteiger partial charge < -0.3 is 14.6 Å². The van der Waals surface area contributed by atoms with Crippen molar-refractivity contribution >= 4 is 29.0 Å².